The van der Waals surface area contributed by atoms with Crippen LogP contribution in [-0.4, -0.2) is 19.8 Å². The van der Waals surface area contributed by atoms with E-state index >= 15 is 0 Å². The third kappa shape index (κ3) is 3.13. The van der Waals surface area contributed by atoms with Gasteiger partial charge in [-0.1, -0.05) is 0 Å². The molecule has 0 fully saturated rings. The van der Waals surface area contributed by atoms with Crippen molar-refractivity contribution < 1.29 is 31.4 Å². The highest BCUT2D eigenvalue weighted by Crippen LogP contribution is 2.53. The van der Waals surface area contributed by atoms with Crippen LogP contribution < -0.4 is 4.74 Å². The van der Waals surface area contributed by atoms with E-state index in [0.29, 0.717) is 0 Å². The molecular weight excluding hydrogens is 371 g/mol. The molecule has 0 aliphatic heterocycles. The standard InChI is InChI=1S/C17H12F3NO4S/c1-26(23,24)14-3-2-13(16-15(14)12(22)7-17(16,19)20)25-11-5-9(8-21)4-10(18)6-11/h2-6,12,22H,7H2,1H3/t12-/m1/s1. The topological polar surface area (TPSA) is 87.4 Å². The zero-order chi connectivity index (χ0) is 19.3. The molecule has 0 spiro atoms. The lowest BCUT2D eigenvalue weighted by molar-refractivity contribution is -0.0306. The molecule has 3 rings (SSSR count). The molecule has 26 heavy (non-hydrogen) atoms. The van der Waals surface area contributed by atoms with Gasteiger partial charge in [-0.2, -0.15) is 5.26 Å². The Morgan fingerprint density at radius 3 is 2.62 bits per heavy atom. The normalized spacial score (nSPS) is 18.2. The van der Waals surface area contributed by atoms with E-state index in [1.807, 2.05) is 0 Å². The fraction of sp³-hybridized carbons (Fsp3) is 0.235. The van der Waals surface area contributed by atoms with E-state index in [1.165, 1.54) is 0 Å². The van der Waals surface area contributed by atoms with E-state index in [9.17, 15) is 26.7 Å². The van der Waals surface area contributed by atoms with E-state index in [4.69, 9.17) is 10.00 Å². The molecule has 0 bridgehead atoms. The number of rotatable bonds is 3. The van der Waals surface area contributed by atoms with Crippen LogP contribution in [0.2, 0.25) is 0 Å². The minimum absolute atomic E-state index is 0.0730. The largest absolute Gasteiger partial charge is 0.457 e. The van der Waals surface area contributed by atoms with Gasteiger partial charge in [0.2, 0.25) is 0 Å². The maximum absolute atomic E-state index is 14.4. The van der Waals surface area contributed by atoms with Gasteiger partial charge in [-0.25, -0.2) is 21.6 Å². The summed E-state index contributed by atoms with van der Waals surface area (Å²) in [4.78, 5) is -0.415. The van der Waals surface area contributed by atoms with Crippen molar-refractivity contribution >= 4 is 9.84 Å². The molecule has 0 heterocycles. The Balaban J connectivity index is 2.19. The van der Waals surface area contributed by atoms with Crippen LogP contribution in [0.5, 0.6) is 11.5 Å². The number of aliphatic hydroxyl groups excluding tert-OH is 1. The lowest BCUT2D eigenvalue weighted by atomic mass is 10.1. The fourth-order valence-electron chi connectivity index (χ4n) is 2.96. The Labute approximate surface area is 147 Å². The molecule has 9 heteroatoms. The van der Waals surface area contributed by atoms with Crippen LogP contribution in [0, 0.1) is 17.1 Å². The number of ether oxygens (including phenoxy) is 1. The molecule has 0 radical (unpaired) electrons. The Morgan fingerprint density at radius 2 is 2.00 bits per heavy atom. The first kappa shape index (κ1) is 18.2. The molecular formula is C17H12F3NO4S. The summed E-state index contributed by atoms with van der Waals surface area (Å²) >= 11 is 0. The van der Waals surface area contributed by atoms with Crippen molar-refractivity contribution in [2.45, 2.75) is 23.3 Å². The summed E-state index contributed by atoms with van der Waals surface area (Å²) in [7, 11) is -3.87. The monoisotopic (exact) mass is 383 g/mol. The number of alkyl halides is 2. The Hall–Kier alpha value is -2.57. The van der Waals surface area contributed by atoms with Crippen LogP contribution in [-0.2, 0) is 15.8 Å². The number of halogens is 3. The summed E-state index contributed by atoms with van der Waals surface area (Å²) in [6.07, 6.45) is -1.83. The average Bonchev–Trinajstić information content (AvgIpc) is 2.76. The first-order chi connectivity index (χ1) is 12.0. The second-order valence-electron chi connectivity index (χ2n) is 5.94. The van der Waals surface area contributed by atoms with Crippen molar-refractivity contribution in [1.82, 2.24) is 0 Å². The summed E-state index contributed by atoms with van der Waals surface area (Å²) in [6, 6.07) is 6.80. The molecule has 5 nitrogen and oxygen atoms in total. The van der Waals surface area contributed by atoms with Gasteiger partial charge in [0, 0.05) is 24.3 Å². The third-order valence-electron chi connectivity index (χ3n) is 3.94. The lowest BCUT2D eigenvalue weighted by Gasteiger charge is -2.17. The van der Waals surface area contributed by atoms with Gasteiger partial charge in [0.25, 0.3) is 5.92 Å². The molecule has 2 aromatic rings. The van der Waals surface area contributed by atoms with E-state index in [-0.39, 0.29) is 11.3 Å². The van der Waals surface area contributed by atoms with E-state index in [0.717, 1.165) is 36.6 Å². The second-order valence-corrected chi connectivity index (χ2v) is 7.92. The van der Waals surface area contributed by atoms with Crippen LogP contribution in [0.3, 0.4) is 0 Å². The number of nitrogens with zero attached hydrogens (tertiary/aromatic N) is 1. The molecule has 1 atom stereocenters. The zero-order valence-electron chi connectivity index (χ0n) is 13.3. The summed E-state index contributed by atoms with van der Waals surface area (Å²) in [5.74, 6) is -4.94. The smallest absolute Gasteiger partial charge is 0.280 e. The molecule has 0 saturated heterocycles. The van der Waals surface area contributed by atoms with Gasteiger partial charge < -0.3 is 9.84 Å². The van der Waals surface area contributed by atoms with Crippen LogP contribution in [0.4, 0.5) is 13.2 Å². The van der Waals surface area contributed by atoms with Crippen LogP contribution in [0.1, 0.15) is 29.2 Å². The van der Waals surface area contributed by atoms with Crippen molar-refractivity contribution in [1.29, 1.82) is 5.26 Å². The van der Waals surface area contributed by atoms with Crippen molar-refractivity contribution in [2.75, 3.05) is 6.26 Å². The maximum atomic E-state index is 14.4. The third-order valence-corrected chi connectivity index (χ3v) is 5.10. The van der Waals surface area contributed by atoms with Gasteiger partial charge in [0.1, 0.15) is 17.3 Å². The van der Waals surface area contributed by atoms with Crippen molar-refractivity contribution in [3.05, 3.63) is 52.8 Å². The van der Waals surface area contributed by atoms with Crippen LogP contribution >= 0.6 is 0 Å². The molecule has 0 amide bonds. The first-order valence-corrected chi connectivity index (χ1v) is 9.24. The Kier molecular flexibility index (Phi) is 4.21. The average molecular weight is 383 g/mol. The van der Waals surface area contributed by atoms with Gasteiger partial charge >= 0.3 is 0 Å². The highest BCUT2D eigenvalue weighted by atomic mass is 32.2. The lowest BCUT2D eigenvalue weighted by Crippen LogP contribution is -2.11. The number of benzene rings is 2. The van der Waals surface area contributed by atoms with Gasteiger partial charge in [0.15, 0.2) is 9.84 Å². The van der Waals surface area contributed by atoms with Gasteiger partial charge in [-0.05, 0) is 24.3 Å². The number of hydrogen-bond donors (Lipinski definition) is 1. The molecule has 1 aliphatic carbocycles. The maximum Gasteiger partial charge on any atom is 0.280 e. The van der Waals surface area contributed by atoms with Crippen LogP contribution in [0.25, 0.3) is 0 Å². The first-order valence-electron chi connectivity index (χ1n) is 7.35. The predicted octanol–water partition coefficient (Wildman–Crippen LogP) is 3.42. The Morgan fingerprint density at radius 1 is 1.31 bits per heavy atom. The zero-order valence-corrected chi connectivity index (χ0v) is 14.1. The molecule has 136 valence electrons. The number of aliphatic hydroxyl groups is 1. The van der Waals surface area contributed by atoms with Crippen molar-refractivity contribution in [3.63, 3.8) is 0 Å². The summed E-state index contributed by atoms with van der Waals surface area (Å²) in [6.45, 7) is 0. The van der Waals surface area contributed by atoms with Gasteiger partial charge in [0.05, 0.1) is 28.2 Å². The minimum Gasteiger partial charge on any atom is -0.457 e. The highest BCUT2D eigenvalue weighted by molar-refractivity contribution is 7.90. The molecule has 1 N–H and O–H groups in total. The van der Waals surface area contributed by atoms with Gasteiger partial charge in [-0.3, -0.25) is 0 Å². The number of fused-ring (bicyclic) bond motifs is 1. The predicted molar refractivity (Wildman–Crippen MR) is 84.2 cm³/mol. The number of hydrogen-bond acceptors (Lipinski definition) is 5. The molecule has 1 aliphatic rings. The fourth-order valence-corrected chi connectivity index (χ4v) is 3.91. The summed E-state index contributed by atoms with van der Waals surface area (Å²) < 4.78 is 71.3. The highest BCUT2D eigenvalue weighted by Gasteiger charge is 2.49. The van der Waals surface area contributed by atoms with Crippen molar-refractivity contribution in [2.24, 2.45) is 0 Å². The minimum atomic E-state index is -3.87. The van der Waals surface area contributed by atoms with Crippen LogP contribution in [0.15, 0.2) is 35.2 Å². The van der Waals surface area contributed by atoms with E-state index in [2.05, 4.69) is 0 Å². The molecule has 0 unspecified atom stereocenters. The molecule has 0 saturated carbocycles. The van der Waals surface area contributed by atoms with Crippen molar-refractivity contribution in [3.8, 4) is 17.6 Å². The summed E-state index contributed by atoms with van der Waals surface area (Å²) in [5.41, 5.74) is -1.25. The Bertz CT molecular complexity index is 1040. The number of nitriles is 1. The molecule has 0 aromatic heterocycles. The second kappa shape index (κ2) is 6.00. The quantitative estimate of drug-likeness (QED) is 0.878. The number of sulfone groups is 1. The SMILES string of the molecule is CS(=O)(=O)c1ccc(Oc2cc(F)cc(C#N)c2)c2c1[C@H](O)CC2(F)F. The molecule has 2 aromatic carbocycles. The summed E-state index contributed by atoms with van der Waals surface area (Å²) in [5, 5.41) is 18.8. The van der Waals surface area contributed by atoms with E-state index < -0.39 is 55.9 Å². The van der Waals surface area contributed by atoms with E-state index in [1.54, 1.807) is 6.07 Å². The van der Waals surface area contributed by atoms with Gasteiger partial charge in [-0.15, -0.1) is 0 Å².